The minimum Gasteiger partial charge on any atom is -0.494 e. The number of nitrogen functional groups attached to an aromatic ring is 1. The van der Waals surface area contributed by atoms with Gasteiger partial charge in [0.05, 0.1) is 18.5 Å². The topological polar surface area (TPSA) is 77.2 Å². The molecule has 0 radical (unpaired) electrons. The number of nitrogens with two attached hydrogens (primary N) is 1. The van der Waals surface area contributed by atoms with Gasteiger partial charge < -0.3 is 15.8 Å². The number of carbonyl (C=O) groups is 1. The average molecular weight is 261 g/mol. The lowest BCUT2D eigenvalue weighted by Crippen LogP contribution is -2.16. The number of hydrogen-bond donors (Lipinski definition) is 2. The fraction of sp³-hybridized carbons (Fsp3) is 0.0769. The number of nitrogens with one attached hydrogen (secondary N) is 1. The highest BCUT2D eigenvalue weighted by atomic mass is 19.1. The summed E-state index contributed by atoms with van der Waals surface area (Å²) in [5.41, 5.74) is 6.37. The van der Waals surface area contributed by atoms with E-state index in [4.69, 9.17) is 10.5 Å². The van der Waals surface area contributed by atoms with E-state index in [2.05, 4.69) is 10.3 Å². The van der Waals surface area contributed by atoms with E-state index in [1.165, 1.54) is 31.5 Å². The summed E-state index contributed by atoms with van der Waals surface area (Å²) in [4.78, 5) is 15.9. The normalized spacial score (nSPS) is 10.0. The van der Waals surface area contributed by atoms with Crippen molar-refractivity contribution in [3.8, 4) is 5.75 Å². The third kappa shape index (κ3) is 2.79. The van der Waals surface area contributed by atoms with Crippen LogP contribution in [0, 0.1) is 5.82 Å². The van der Waals surface area contributed by atoms with E-state index in [9.17, 15) is 9.18 Å². The molecular formula is C13H12FN3O2. The second-order valence-corrected chi connectivity index (χ2v) is 3.74. The molecule has 0 aliphatic carbocycles. The van der Waals surface area contributed by atoms with Gasteiger partial charge in [0.1, 0.15) is 11.6 Å². The monoisotopic (exact) mass is 261 g/mol. The third-order valence-corrected chi connectivity index (χ3v) is 2.47. The number of rotatable bonds is 3. The van der Waals surface area contributed by atoms with Gasteiger partial charge in [-0.2, -0.15) is 0 Å². The van der Waals surface area contributed by atoms with Gasteiger partial charge in [-0.15, -0.1) is 0 Å². The van der Waals surface area contributed by atoms with Gasteiger partial charge in [0, 0.05) is 12.3 Å². The van der Waals surface area contributed by atoms with Gasteiger partial charge >= 0.3 is 0 Å². The van der Waals surface area contributed by atoms with Gasteiger partial charge in [-0.3, -0.25) is 4.79 Å². The second kappa shape index (κ2) is 5.34. The number of pyridine rings is 1. The Balaban J connectivity index is 2.27. The number of carbonyl (C=O) groups excluding carboxylic acids is 1. The fourth-order valence-corrected chi connectivity index (χ4v) is 1.56. The highest BCUT2D eigenvalue weighted by Gasteiger charge is 2.13. The Kier molecular flexibility index (Phi) is 3.61. The summed E-state index contributed by atoms with van der Waals surface area (Å²) < 4.78 is 18.0. The number of benzene rings is 1. The van der Waals surface area contributed by atoms with Gasteiger partial charge in [0.2, 0.25) is 0 Å². The second-order valence-electron chi connectivity index (χ2n) is 3.74. The Labute approximate surface area is 109 Å². The van der Waals surface area contributed by atoms with Crippen LogP contribution in [-0.2, 0) is 0 Å². The molecule has 0 atom stereocenters. The van der Waals surface area contributed by atoms with Crippen LogP contribution in [0.3, 0.4) is 0 Å². The van der Waals surface area contributed by atoms with Crippen LogP contribution in [-0.4, -0.2) is 18.0 Å². The Bertz CT molecular complexity index is 617. The van der Waals surface area contributed by atoms with Crippen LogP contribution < -0.4 is 15.8 Å². The molecule has 3 N–H and O–H groups in total. The molecule has 0 aliphatic heterocycles. The first-order valence-corrected chi connectivity index (χ1v) is 5.47. The molecule has 0 fully saturated rings. The van der Waals surface area contributed by atoms with Gasteiger partial charge in [-0.25, -0.2) is 9.37 Å². The molecule has 5 nitrogen and oxygen atoms in total. The Hall–Kier alpha value is -2.63. The lowest BCUT2D eigenvalue weighted by molar-refractivity contribution is 0.102. The van der Waals surface area contributed by atoms with Crippen molar-refractivity contribution in [1.82, 2.24) is 4.98 Å². The maximum Gasteiger partial charge on any atom is 0.276 e. The van der Waals surface area contributed by atoms with Crippen molar-refractivity contribution in [3.05, 3.63) is 48.0 Å². The van der Waals surface area contributed by atoms with E-state index in [1.807, 2.05) is 0 Å². The largest absolute Gasteiger partial charge is 0.494 e. The van der Waals surface area contributed by atoms with Crippen molar-refractivity contribution >= 4 is 17.3 Å². The molecule has 2 aromatic rings. The maximum absolute atomic E-state index is 13.0. The molecule has 0 saturated heterocycles. The fourth-order valence-electron chi connectivity index (χ4n) is 1.56. The first-order valence-electron chi connectivity index (χ1n) is 5.47. The minimum atomic E-state index is -0.483. The van der Waals surface area contributed by atoms with Crippen molar-refractivity contribution in [2.75, 3.05) is 18.2 Å². The van der Waals surface area contributed by atoms with Crippen molar-refractivity contribution in [1.29, 1.82) is 0 Å². The summed E-state index contributed by atoms with van der Waals surface area (Å²) >= 11 is 0. The van der Waals surface area contributed by atoms with Gasteiger partial charge in [0.25, 0.3) is 5.91 Å². The van der Waals surface area contributed by atoms with Crippen LogP contribution in [0.2, 0.25) is 0 Å². The van der Waals surface area contributed by atoms with E-state index in [0.29, 0.717) is 5.69 Å². The first kappa shape index (κ1) is 12.8. The van der Waals surface area contributed by atoms with Gasteiger partial charge in [-0.05, 0) is 24.3 Å². The summed E-state index contributed by atoms with van der Waals surface area (Å²) in [5, 5.41) is 2.57. The highest BCUT2D eigenvalue weighted by molar-refractivity contribution is 6.06. The number of ether oxygens (including phenoxy) is 1. The zero-order valence-corrected chi connectivity index (χ0v) is 10.2. The van der Waals surface area contributed by atoms with Gasteiger partial charge in [0.15, 0.2) is 5.69 Å². The lowest BCUT2D eigenvalue weighted by Gasteiger charge is -2.10. The molecule has 0 aliphatic rings. The molecule has 0 bridgehead atoms. The zero-order valence-electron chi connectivity index (χ0n) is 10.2. The summed E-state index contributed by atoms with van der Waals surface area (Å²) in [6.07, 6.45) is 1.47. The van der Waals surface area contributed by atoms with Crippen LogP contribution in [0.4, 0.5) is 15.8 Å². The van der Waals surface area contributed by atoms with Crippen molar-refractivity contribution in [3.63, 3.8) is 0 Å². The molecule has 0 spiro atoms. The molecule has 1 heterocycles. The molecule has 6 heteroatoms. The summed E-state index contributed by atoms with van der Waals surface area (Å²) in [6, 6.07) is 7.01. The summed E-state index contributed by atoms with van der Waals surface area (Å²) in [5.74, 6) is -0.710. The molecule has 19 heavy (non-hydrogen) atoms. The molecule has 98 valence electrons. The van der Waals surface area contributed by atoms with E-state index < -0.39 is 11.7 Å². The number of halogens is 1. The van der Waals surface area contributed by atoms with E-state index >= 15 is 0 Å². The number of methoxy groups -OCH3 is 1. The van der Waals surface area contributed by atoms with Crippen molar-refractivity contribution < 1.29 is 13.9 Å². The lowest BCUT2D eigenvalue weighted by atomic mass is 10.2. The predicted molar refractivity (Wildman–Crippen MR) is 69.6 cm³/mol. The number of amides is 1. The minimum absolute atomic E-state index is 0.105. The summed E-state index contributed by atoms with van der Waals surface area (Å²) in [7, 11) is 1.39. The Morgan fingerprint density at radius 1 is 1.42 bits per heavy atom. The highest BCUT2D eigenvalue weighted by Crippen LogP contribution is 2.25. The average Bonchev–Trinajstić information content (AvgIpc) is 2.41. The molecule has 2 rings (SSSR count). The molecule has 1 aromatic carbocycles. The number of anilines is 2. The van der Waals surface area contributed by atoms with E-state index in [-0.39, 0.29) is 17.1 Å². The van der Waals surface area contributed by atoms with Crippen LogP contribution >= 0.6 is 0 Å². The summed E-state index contributed by atoms with van der Waals surface area (Å²) in [6.45, 7) is 0. The van der Waals surface area contributed by atoms with Gasteiger partial charge in [-0.1, -0.05) is 0 Å². The van der Waals surface area contributed by atoms with Crippen LogP contribution in [0.5, 0.6) is 5.75 Å². The van der Waals surface area contributed by atoms with Crippen LogP contribution in [0.1, 0.15) is 10.5 Å². The smallest absolute Gasteiger partial charge is 0.276 e. The molecule has 0 saturated carbocycles. The van der Waals surface area contributed by atoms with E-state index in [1.54, 1.807) is 12.1 Å². The first-order chi connectivity index (χ1) is 9.11. The molecule has 1 amide bonds. The third-order valence-electron chi connectivity index (χ3n) is 2.47. The molecule has 1 aromatic heterocycles. The van der Waals surface area contributed by atoms with Crippen LogP contribution in [0.25, 0.3) is 0 Å². The number of nitrogens with zero attached hydrogens (tertiary/aromatic N) is 1. The SMILES string of the molecule is COc1cc(F)ccc1NC(=O)c1ncccc1N. The molecule has 0 unspecified atom stereocenters. The maximum atomic E-state index is 13.0. The quantitative estimate of drug-likeness (QED) is 0.886. The number of hydrogen-bond acceptors (Lipinski definition) is 4. The zero-order chi connectivity index (χ0) is 13.8. The van der Waals surface area contributed by atoms with Crippen molar-refractivity contribution in [2.24, 2.45) is 0 Å². The van der Waals surface area contributed by atoms with E-state index in [0.717, 1.165) is 0 Å². The molecular weight excluding hydrogens is 249 g/mol. The number of aromatic nitrogens is 1. The Morgan fingerprint density at radius 2 is 2.21 bits per heavy atom. The van der Waals surface area contributed by atoms with Crippen molar-refractivity contribution in [2.45, 2.75) is 0 Å². The van der Waals surface area contributed by atoms with Crippen LogP contribution in [0.15, 0.2) is 36.5 Å². The predicted octanol–water partition coefficient (Wildman–Crippen LogP) is 2.06. The Morgan fingerprint density at radius 3 is 2.89 bits per heavy atom. The standard InChI is InChI=1S/C13H12FN3O2/c1-19-11-7-8(14)4-5-10(11)17-13(18)12-9(15)3-2-6-16-12/h2-7H,15H2,1H3,(H,17,18).